The van der Waals surface area contributed by atoms with Gasteiger partial charge in [0.05, 0.1) is 11.5 Å². The number of aromatic nitrogens is 3. The van der Waals surface area contributed by atoms with E-state index in [-0.39, 0.29) is 23.3 Å². The predicted molar refractivity (Wildman–Crippen MR) is 109 cm³/mol. The second-order valence-corrected chi connectivity index (χ2v) is 7.40. The minimum atomic E-state index is -4.79. The summed E-state index contributed by atoms with van der Waals surface area (Å²) in [4.78, 5) is 23.4. The standard InChI is InChI=1S/C21H20F3N5O3/c1-13-26-20(32-28-13)14-7-8-18(25-11-14)29-9-3-4-15(12-29)19(30)27-16-5-2-6-17(10-16)31-21(22,23)24/h2,5-8,10-11,15H,3-4,9,12H2,1H3,(H,27,30). The monoisotopic (exact) mass is 447 g/mol. The average molecular weight is 447 g/mol. The molecular formula is C21H20F3N5O3. The topological polar surface area (TPSA) is 93.4 Å². The van der Waals surface area contributed by atoms with Crippen molar-refractivity contribution in [2.75, 3.05) is 23.3 Å². The van der Waals surface area contributed by atoms with Gasteiger partial charge in [0.25, 0.3) is 5.89 Å². The molecule has 4 rings (SSSR count). The number of amides is 1. The van der Waals surface area contributed by atoms with Crippen LogP contribution < -0.4 is 15.0 Å². The molecule has 168 valence electrons. The second-order valence-electron chi connectivity index (χ2n) is 7.40. The van der Waals surface area contributed by atoms with Crippen LogP contribution in [0, 0.1) is 12.8 Å². The van der Waals surface area contributed by atoms with Crippen molar-refractivity contribution in [3.8, 4) is 17.2 Å². The SMILES string of the molecule is Cc1noc(-c2ccc(N3CCCC(C(=O)Nc4cccc(OC(F)(F)F)c4)C3)nc2)n1. The first-order valence-corrected chi connectivity index (χ1v) is 9.95. The van der Waals surface area contributed by atoms with Crippen molar-refractivity contribution in [2.24, 2.45) is 5.92 Å². The molecule has 1 saturated heterocycles. The number of anilines is 2. The van der Waals surface area contributed by atoms with Gasteiger partial charge < -0.3 is 19.5 Å². The van der Waals surface area contributed by atoms with E-state index in [9.17, 15) is 18.0 Å². The number of nitrogens with zero attached hydrogens (tertiary/aromatic N) is 4. The van der Waals surface area contributed by atoms with Crippen molar-refractivity contribution in [3.63, 3.8) is 0 Å². The molecule has 0 radical (unpaired) electrons. The minimum Gasteiger partial charge on any atom is -0.406 e. The zero-order chi connectivity index (χ0) is 22.7. The van der Waals surface area contributed by atoms with Crippen LogP contribution in [0.15, 0.2) is 47.1 Å². The number of hydrogen-bond acceptors (Lipinski definition) is 7. The van der Waals surface area contributed by atoms with Crippen LogP contribution >= 0.6 is 0 Å². The summed E-state index contributed by atoms with van der Waals surface area (Å²) in [7, 11) is 0. The Morgan fingerprint density at radius 3 is 2.81 bits per heavy atom. The van der Waals surface area contributed by atoms with Crippen LogP contribution in [0.1, 0.15) is 18.7 Å². The minimum absolute atomic E-state index is 0.242. The number of halogens is 3. The van der Waals surface area contributed by atoms with Crippen molar-refractivity contribution < 1.29 is 27.2 Å². The van der Waals surface area contributed by atoms with Gasteiger partial charge in [-0.2, -0.15) is 4.98 Å². The predicted octanol–water partition coefficient (Wildman–Crippen LogP) is 4.19. The highest BCUT2D eigenvalue weighted by atomic mass is 19.4. The third-order valence-corrected chi connectivity index (χ3v) is 4.97. The molecule has 3 aromatic rings. The molecule has 1 amide bonds. The number of ether oxygens (including phenoxy) is 1. The van der Waals surface area contributed by atoms with Crippen LogP contribution in [0.3, 0.4) is 0 Å². The number of carbonyl (C=O) groups is 1. The highest BCUT2D eigenvalue weighted by molar-refractivity contribution is 5.93. The highest BCUT2D eigenvalue weighted by Gasteiger charge is 2.31. The molecule has 1 atom stereocenters. The van der Waals surface area contributed by atoms with E-state index in [2.05, 4.69) is 25.2 Å². The Bertz CT molecular complexity index is 1080. The summed E-state index contributed by atoms with van der Waals surface area (Å²) in [6, 6.07) is 8.88. The lowest BCUT2D eigenvalue weighted by molar-refractivity contribution is -0.274. The van der Waals surface area contributed by atoms with E-state index in [4.69, 9.17) is 4.52 Å². The Hall–Kier alpha value is -3.63. The summed E-state index contributed by atoms with van der Waals surface area (Å²) in [5.74, 6) is 0.635. The number of nitrogens with one attached hydrogen (secondary N) is 1. The summed E-state index contributed by atoms with van der Waals surface area (Å²) in [5.41, 5.74) is 0.938. The van der Waals surface area contributed by atoms with E-state index >= 15 is 0 Å². The Labute approximate surface area is 181 Å². The third-order valence-electron chi connectivity index (χ3n) is 4.97. The van der Waals surface area contributed by atoms with Gasteiger partial charge in [0.1, 0.15) is 11.6 Å². The van der Waals surface area contributed by atoms with Crippen molar-refractivity contribution in [2.45, 2.75) is 26.1 Å². The summed E-state index contributed by atoms with van der Waals surface area (Å²) in [6.45, 7) is 2.91. The van der Waals surface area contributed by atoms with Gasteiger partial charge in [-0.15, -0.1) is 13.2 Å². The molecule has 1 unspecified atom stereocenters. The molecule has 1 aliphatic heterocycles. The number of piperidine rings is 1. The molecule has 1 aromatic carbocycles. The number of benzene rings is 1. The molecule has 0 bridgehead atoms. The van der Waals surface area contributed by atoms with E-state index in [1.54, 1.807) is 13.1 Å². The number of carbonyl (C=O) groups excluding carboxylic acids is 1. The molecule has 1 aliphatic rings. The number of rotatable bonds is 5. The maximum absolute atomic E-state index is 12.7. The van der Waals surface area contributed by atoms with E-state index in [0.29, 0.717) is 36.1 Å². The smallest absolute Gasteiger partial charge is 0.406 e. The Balaban J connectivity index is 1.39. The summed E-state index contributed by atoms with van der Waals surface area (Å²) < 4.78 is 46.3. The van der Waals surface area contributed by atoms with Crippen LogP contribution in [0.2, 0.25) is 0 Å². The van der Waals surface area contributed by atoms with Crippen molar-refractivity contribution >= 4 is 17.4 Å². The Kier molecular flexibility index (Phi) is 5.97. The molecule has 0 spiro atoms. The zero-order valence-electron chi connectivity index (χ0n) is 17.1. The molecule has 0 saturated carbocycles. The normalized spacial score (nSPS) is 16.6. The third kappa shape index (κ3) is 5.34. The maximum atomic E-state index is 12.7. The van der Waals surface area contributed by atoms with Crippen LogP contribution in [0.4, 0.5) is 24.7 Å². The van der Waals surface area contributed by atoms with Gasteiger partial charge in [-0.05, 0) is 44.0 Å². The second kappa shape index (κ2) is 8.85. The van der Waals surface area contributed by atoms with Gasteiger partial charge in [-0.1, -0.05) is 11.2 Å². The molecule has 2 aromatic heterocycles. The van der Waals surface area contributed by atoms with Crippen LogP contribution in [-0.4, -0.2) is 40.5 Å². The fraction of sp³-hybridized carbons (Fsp3) is 0.333. The lowest BCUT2D eigenvalue weighted by Crippen LogP contribution is -2.41. The zero-order valence-corrected chi connectivity index (χ0v) is 17.1. The number of aryl methyl sites for hydroxylation is 1. The quantitative estimate of drug-likeness (QED) is 0.627. The van der Waals surface area contributed by atoms with Gasteiger partial charge in [0.2, 0.25) is 5.91 Å². The molecule has 11 heteroatoms. The number of pyridine rings is 1. The lowest BCUT2D eigenvalue weighted by atomic mass is 9.97. The maximum Gasteiger partial charge on any atom is 0.573 e. The number of alkyl halides is 3. The molecule has 0 aliphatic carbocycles. The van der Waals surface area contributed by atoms with Crippen molar-refractivity contribution in [1.29, 1.82) is 0 Å². The molecule has 3 heterocycles. The van der Waals surface area contributed by atoms with Gasteiger partial charge in [0.15, 0.2) is 5.82 Å². The molecule has 8 nitrogen and oxygen atoms in total. The highest BCUT2D eigenvalue weighted by Crippen LogP contribution is 2.27. The van der Waals surface area contributed by atoms with E-state index in [1.165, 1.54) is 18.2 Å². The van der Waals surface area contributed by atoms with E-state index in [1.807, 2.05) is 17.0 Å². The largest absolute Gasteiger partial charge is 0.573 e. The molecule has 1 N–H and O–H groups in total. The average Bonchev–Trinajstić information content (AvgIpc) is 3.19. The van der Waals surface area contributed by atoms with Crippen LogP contribution in [-0.2, 0) is 4.79 Å². The fourth-order valence-corrected chi connectivity index (χ4v) is 3.53. The van der Waals surface area contributed by atoms with Crippen molar-refractivity contribution in [1.82, 2.24) is 15.1 Å². The first-order valence-electron chi connectivity index (χ1n) is 9.95. The van der Waals surface area contributed by atoms with Crippen LogP contribution in [0.25, 0.3) is 11.5 Å². The van der Waals surface area contributed by atoms with Gasteiger partial charge in [-0.25, -0.2) is 4.98 Å². The molecular weight excluding hydrogens is 427 g/mol. The van der Waals surface area contributed by atoms with Gasteiger partial charge >= 0.3 is 6.36 Å². The first-order chi connectivity index (χ1) is 15.3. The number of hydrogen-bond donors (Lipinski definition) is 1. The Morgan fingerprint density at radius 1 is 1.28 bits per heavy atom. The first kappa shape index (κ1) is 21.6. The van der Waals surface area contributed by atoms with Gasteiger partial charge in [0, 0.05) is 31.0 Å². The summed E-state index contributed by atoms with van der Waals surface area (Å²) >= 11 is 0. The summed E-state index contributed by atoms with van der Waals surface area (Å²) in [5, 5.41) is 6.44. The van der Waals surface area contributed by atoms with E-state index in [0.717, 1.165) is 19.0 Å². The van der Waals surface area contributed by atoms with Crippen molar-refractivity contribution in [3.05, 3.63) is 48.4 Å². The Morgan fingerprint density at radius 2 is 2.12 bits per heavy atom. The van der Waals surface area contributed by atoms with Gasteiger partial charge in [-0.3, -0.25) is 4.79 Å². The fourth-order valence-electron chi connectivity index (χ4n) is 3.53. The van der Waals surface area contributed by atoms with Crippen LogP contribution in [0.5, 0.6) is 5.75 Å². The summed E-state index contributed by atoms with van der Waals surface area (Å²) in [6.07, 6.45) is -1.71. The van der Waals surface area contributed by atoms with E-state index < -0.39 is 6.36 Å². The molecule has 32 heavy (non-hydrogen) atoms. The lowest BCUT2D eigenvalue weighted by Gasteiger charge is -2.32. The molecule has 1 fully saturated rings.